The largest absolute Gasteiger partial charge is 0.451 e. The third-order valence-electron chi connectivity index (χ3n) is 4.13. The van der Waals surface area contributed by atoms with Gasteiger partial charge in [-0.25, -0.2) is 9.97 Å². The summed E-state index contributed by atoms with van der Waals surface area (Å²) in [6.45, 7) is 5.43. The van der Waals surface area contributed by atoms with Crippen molar-refractivity contribution in [2.24, 2.45) is 0 Å². The first-order chi connectivity index (χ1) is 13.1. The van der Waals surface area contributed by atoms with Crippen LogP contribution in [0.2, 0.25) is 0 Å². The molecule has 2 aromatic carbocycles. The van der Waals surface area contributed by atoms with Gasteiger partial charge in [-0.3, -0.25) is 4.79 Å². The minimum Gasteiger partial charge on any atom is -0.325 e. The van der Waals surface area contributed by atoms with Crippen molar-refractivity contribution in [1.29, 1.82) is 0 Å². The summed E-state index contributed by atoms with van der Waals surface area (Å²) >= 11 is 0.978. The monoisotopic (exact) mass is 405 g/mol. The van der Waals surface area contributed by atoms with E-state index in [4.69, 9.17) is 0 Å². The number of nitrogens with one attached hydrogen (secondary N) is 1. The van der Waals surface area contributed by atoms with Crippen molar-refractivity contribution in [3.05, 3.63) is 59.4 Å². The fourth-order valence-electron chi connectivity index (χ4n) is 2.59. The summed E-state index contributed by atoms with van der Waals surface area (Å²) in [5, 5.41) is 2.79. The number of fused-ring (bicyclic) bond motifs is 1. The first-order valence-electron chi connectivity index (χ1n) is 8.54. The SMILES string of the molecule is Cc1ccc(C)c(NC(=O)[C@@H](C)Sc2nc(C(F)(F)F)nc3ccccc23)c1. The Labute approximate surface area is 164 Å². The molecule has 0 bridgehead atoms. The van der Waals surface area contributed by atoms with Crippen molar-refractivity contribution in [3.8, 4) is 0 Å². The number of aromatic nitrogens is 2. The number of halogens is 3. The highest BCUT2D eigenvalue weighted by Gasteiger charge is 2.36. The van der Waals surface area contributed by atoms with Crippen molar-refractivity contribution >= 4 is 34.3 Å². The van der Waals surface area contributed by atoms with Crippen LogP contribution in [0.1, 0.15) is 23.9 Å². The number of para-hydroxylation sites is 1. The minimum absolute atomic E-state index is 0.126. The number of amides is 1. The van der Waals surface area contributed by atoms with E-state index in [-0.39, 0.29) is 16.4 Å². The van der Waals surface area contributed by atoms with E-state index in [1.807, 2.05) is 32.0 Å². The fraction of sp³-hybridized carbons (Fsp3) is 0.250. The molecule has 4 nitrogen and oxygen atoms in total. The van der Waals surface area contributed by atoms with Gasteiger partial charge in [0.2, 0.25) is 11.7 Å². The van der Waals surface area contributed by atoms with Crippen LogP contribution in [0.3, 0.4) is 0 Å². The van der Waals surface area contributed by atoms with Crippen molar-refractivity contribution in [2.45, 2.75) is 37.2 Å². The lowest BCUT2D eigenvalue weighted by Crippen LogP contribution is -2.23. The fourth-order valence-corrected chi connectivity index (χ4v) is 3.53. The van der Waals surface area contributed by atoms with Gasteiger partial charge in [-0.2, -0.15) is 13.2 Å². The van der Waals surface area contributed by atoms with E-state index in [9.17, 15) is 18.0 Å². The maximum atomic E-state index is 13.1. The van der Waals surface area contributed by atoms with Gasteiger partial charge in [0.25, 0.3) is 0 Å². The molecule has 1 amide bonds. The second kappa shape index (κ2) is 7.79. The number of rotatable bonds is 4. The maximum Gasteiger partial charge on any atom is 0.451 e. The first kappa shape index (κ1) is 20.1. The smallest absolute Gasteiger partial charge is 0.325 e. The van der Waals surface area contributed by atoms with Crippen LogP contribution < -0.4 is 5.32 Å². The van der Waals surface area contributed by atoms with Gasteiger partial charge in [-0.15, -0.1) is 0 Å². The predicted molar refractivity (Wildman–Crippen MR) is 104 cm³/mol. The number of carbonyl (C=O) groups is 1. The Bertz CT molecular complexity index is 1040. The van der Waals surface area contributed by atoms with Crippen molar-refractivity contribution in [2.75, 3.05) is 5.32 Å². The van der Waals surface area contributed by atoms with Gasteiger partial charge in [0.05, 0.1) is 10.8 Å². The van der Waals surface area contributed by atoms with Crippen molar-refractivity contribution < 1.29 is 18.0 Å². The molecule has 3 aromatic rings. The van der Waals surface area contributed by atoms with Gasteiger partial charge < -0.3 is 5.32 Å². The summed E-state index contributed by atoms with van der Waals surface area (Å²) in [7, 11) is 0. The second-order valence-electron chi connectivity index (χ2n) is 6.43. The Morgan fingerprint density at radius 3 is 2.54 bits per heavy atom. The van der Waals surface area contributed by atoms with Crippen LogP contribution in [0.15, 0.2) is 47.5 Å². The molecule has 1 N–H and O–H groups in total. The van der Waals surface area contributed by atoms with E-state index < -0.39 is 17.3 Å². The molecule has 0 aliphatic heterocycles. The third-order valence-corrected chi connectivity index (χ3v) is 5.23. The molecule has 1 aromatic heterocycles. The Morgan fingerprint density at radius 1 is 1.11 bits per heavy atom. The number of aryl methyl sites for hydroxylation is 2. The topological polar surface area (TPSA) is 54.9 Å². The van der Waals surface area contributed by atoms with Gasteiger partial charge >= 0.3 is 6.18 Å². The van der Waals surface area contributed by atoms with Crippen LogP contribution in [0.25, 0.3) is 10.9 Å². The molecule has 0 unspecified atom stereocenters. The molecule has 1 atom stereocenters. The molecular formula is C20H18F3N3OS. The summed E-state index contributed by atoms with van der Waals surface area (Å²) in [4.78, 5) is 19.9. The maximum absolute atomic E-state index is 13.1. The summed E-state index contributed by atoms with van der Waals surface area (Å²) in [6, 6.07) is 12.1. The zero-order valence-corrected chi connectivity index (χ0v) is 16.3. The molecule has 28 heavy (non-hydrogen) atoms. The number of thioether (sulfide) groups is 1. The highest BCUT2D eigenvalue weighted by atomic mass is 32.2. The predicted octanol–water partition coefficient (Wildman–Crippen LogP) is 5.38. The Morgan fingerprint density at radius 2 is 1.82 bits per heavy atom. The van der Waals surface area contributed by atoms with Gasteiger partial charge in [-0.05, 0) is 44.0 Å². The first-order valence-corrected chi connectivity index (χ1v) is 9.42. The number of nitrogens with zero attached hydrogens (tertiary/aromatic N) is 2. The molecule has 0 spiro atoms. The molecule has 0 saturated carbocycles. The molecule has 0 aliphatic carbocycles. The van der Waals surface area contributed by atoms with E-state index in [1.54, 1.807) is 25.1 Å². The van der Waals surface area contributed by atoms with E-state index >= 15 is 0 Å². The number of alkyl halides is 3. The number of hydrogen-bond acceptors (Lipinski definition) is 4. The number of anilines is 1. The van der Waals surface area contributed by atoms with E-state index in [0.717, 1.165) is 22.9 Å². The molecule has 3 rings (SSSR count). The molecule has 1 heterocycles. The summed E-state index contributed by atoms with van der Waals surface area (Å²) in [6.07, 6.45) is -4.66. The number of benzene rings is 2. The van der Waals surface area contributed by atoms with Gasteiger partial charge in [-0.1, -0.05) is 42.1 Å². The molecule has 8 heteroatoms. The van der Waals surface area contributed by atoms with Crippen LogP contribution in [0, 0.1) is 13.8 Å². The zero-order valence-electron chi connectivity index (χ0n) is 15.5. The Hall–Kier alpha value is -2.61. The van der Waals surface area contributed by atoms with Crippen molar-refractivity contribution in [3.63, 3.8) is 0 Å². The van der Waals surface area contributed by atoms with Crippen LogP contribution >= 0.6 is 11.8 Å². The van der Waals surface area contributed by atoms with Crippen LogP contribution in [-0.2, 0) is 11.0 Å². The van der Waals surface area contributed by atoms with Crippen LogP contribution in [0.5, 0.6) is 0 Å². The van der Waals surface area contributed by atoms with Crippen LogP contribution in [-0.4, -0.2) is 21.1 Å². The Kier molecular flexibility index (Phi) is 5.60. The van der Waals surface area contributed by atoms with Gasteiger partial charge in [0.1, 0.15) is 5.03 Å². The molecule has 0 radical (unpaired) electrons. The van der Waals surface area contributed by atoms with Gasteiger partial charge in [0.15, 0.2) is 0 Å². The average Bonchev–Trinajstić information content (AvgIpc) is 2.63. The molecule has 0 fully saturated rings. The highest BCUT2D eigenvalue weighted by molar-refractivity contribution is 8.00. The standard InChI is InChI=1S/C20H18F3N3OS/c1-11-8-9-12(2)16(10-11)24-17(27)13(3)28-18-14-6-4-5-7-15(14)25-19(26-18)20(21,22)23/h4-10,13H,1-3H3,(H,24,27)/t13-/m1/s1. The summed E-state index contributed by atoms with van der Waals surface area (Å²) in [5.41, 5.74) is 2.77. The normalized spacial score (nSPS) is 12.8. The molecular weight excluding hydrogens is 387 g/mol. The quantitative estimate of drug-likeness (QED) is 0.467. The summed E-state index contributed by atoms with van der Waals surface area (Å²) in [5.74, 6) is -1.52. The van der Waals surface area contributed by atoms with E-state index in [1.165, 1.54) is 6.07 Å². The van der Waals surface area contributed by atoms with Crippen molar-refractivity contribution in [1.82, 2.24) is 9.97 Å². The van der Waals surface area contributed by atoms with E-state index in [0.29, 0.717) is 11.1 Å². The van der Waals surface area contributed by atoms with Gasteiger partial charge in [0, 0.05) is 11.1 Å². The third kappa shape index (κ3) is 4.44. The summed E-state index contributed by atoms with van der Waals surface area (Å²) < 4.78 is 39.4. The molecule has 0 saturated heterocycles. The Balaban J connectivity index is 1.88. The lowest BCUT2D eigenvalue weighted by atomic mass is 10.1. The van der Waals surface area contributed by atoms with Crippen LogP contribution in [0.4, 0.5) is 18.9 Å². The second-order valence-corrected chi connectivity index (χ2v) is 7.76. The molecule has 0 aliphatic rings. The van der Waals surface area contributed by atoms with E-state index in [2.05, 4.69) is 15.3 Å². The average molecular weight is 405 g/mol. The highest BCUT2D eigenvalue weighted by Crippen LogP contribution is 2.34. The lowest BCUT2D eigenvalue weighted by molar-refractivity contribution is -0.145. The number of hydrogen-bond donors (Lipinski definition) is 1. The molecule has 146 valence electrons. The zero-order chi connectivity index (χ0) is 20.5. The minimum atomic E-state index is -4.66. The number of carbonyl (C=O) groups excluding carboxylic acids is 1. The lowest BCUT2D eigenvalue weighted by Gasteiger charge is -2.15.